The van der Waals surface area contributed by atoms with E-state index in [1.807, 2.05) is 0 Å². The lowest BCUT2D eigenvalue weighted by atomic mass is 10.0. The highest BCUT2D eigenvalue weighted by Gasteiger charge is 2.14. The van der Waals surface area contributed by atoms with Crippen LogP contribution in [0.15, 0.2) is 11.6 Å². The second kappa shape index (κ2) is 7.93. The van der Waals surface area contributed by atoms with Crippen LogP contribution in [0.1, 0.15) is 38.5 Å². The highest BCUT2D eigenvalue weighted by atomic mass is 16.5. The maximum Gasteiger partial charge on any atom is 0.0673 e. The minimum atomic E-state index is 0.795. The quantitative estimate of drug-likeness (QED) is 0.733. The van der Waals surface area contributed by atoms with Crippen LogP contribution in [0, 0.1) is 0 Å². The molecule has 0 spiro atoms. The van der Waals surface area contributed by atoms with Gasteiger partial charge in [-0.2, -0.15) is 0 Å². The molecule has 2 heterocycles. The second-order valence-electron chi connectivity index (χ2n) is 5.64. The van der Waals surface area contributed by atoms with Gasteiger partial charge >= 0.3 is 0 Å². The summed E-state index contributed by atoms with van der Waals surface area (Å²) in [6.07, 6.45) is 10.4. The summed E-state index contributed by atoms with van der Waals surface area (Å²) in [7, 11) is 1.78. The average Bonchev–Trinajstić information content (AvgIpc) is 2.42. The minimum absolute atomic E-state index is 0.795. The fourth-order valence-corrected chi connectivity index (χ4v) is 3.00. The Hall–Kier alpha value is -0.380. The number of hydrogen-bond acceptors (Lipinski definition) is 3. The molecule has 2 aliphatic heterocycles. The molecule has 1 unspecified atom stereocenters. The van der Waals surface area contributed by atoms with Crippen molar-refractivity contribution in [3.8, 4) is 0 Å². The lowest BCUT2D eigenvalue weighted by Gasteiger charge is -2.28. The van der Waals surface area contributed by atoms with Gasteiger partial charge in [-0.1, -0.05) is 12.5 Å². The van der Waals surface area contributed by atoms with Gasteiger partial charge in [0.1, 0.15) is 0 Å². The molecule has 2 aliphatic rings. The van der Waals surface area contributed by atoms with E-state index >= 15 is 0 Å². The Labute approximate surface area is 112 Å². The van der Waals surface area contributed by atoms with Gasteiger partial charge in [0.25, 0.3) is 0 Å². The van der Waals surface area contributed by atoms with Gasteiger partial charge in [0.05, 0.1) is 6.61 Å². The van der Waals surface area contributed by atoms with Crippen molar-refractivity contribution in [2.24, 2.45) is 0 Å². The van der Waals surface area contributed by atoms with E-state index in [0.717, 1.165) is 19.2 Å². The first-order valence-corrected chi connectivity index (χ1v) is 7.51. The summed E-state index contributed by atoms with van der Waals surface area (Å²) in [5.41, 5.74) is 1.47. The molecule has 0 radical (unpaired) electrons. The summed E-state index contributed by atoms with van der Waals surface area (Å²) < 4.78 is 5.18. The van der Waals surface area contributed by atoms with E-state index in [-0.39, 0.29) is 0 Å². The van der Waals surface area contributed by atoms with Gasteiger partial charge in [-0.05, 0) is 50.8 Å². The molecule has 0 bridgehead atoms. The number of methoxy groups -OCH3 is 1. The molecule has 1 atom stereocenters. The van der Waals surface area contributed by atoms with Gasteiger partial charge in [0.2, 0.25) is 0 Å². The van der Waals surface area contributed by atoms with Crippen LogP contribution >= 0.6 is 0 Å². The molecule has 0 amide bonds. The molecule has 0 aromatic heterocycles. The van der Waals surface area contributed by atoms with Gasteiger partial charge in [-0.25, -0.2) is 0 Å². The lowest BCUT2D eigenvalue weighted by molar-refractivity contribution is 0.210. The molecule has 0 saturated carbocycles. The molecule has 3 nitrogen and oxygen atoms in total. The van der Waals surface area contributed by atoms with E-state index in [2.05, 4.69) is 16.3 Å². The van der Waals surface area contributed by atoms with Crippen molar-refractivity contribution in [2.75, 3.05) is 39.9 Å². The van der Waals surface area contributed by atoms with E-state index in [1.165, 1.54) is 63.7 Å². The van der Waals surface area contributed by atoms with E-state index in [0.29, 0.717) is 0 Å². The van der Waals surface area contributed by atoms with Crippen LogP contribution in [-0.2, 0) is 4.74 Å². The molecule has 0 aromatic carbocycles. The van der Waals surface area contributed by atoms with Gasteiger partial charge in [0, 0.05) is 26.2 Å². The number of ether oxygens (including phenoxy) is 1. The summed E-state index contributed by atoms with van der Waals surface area (Å²) in [4.78, 5) is 2.57. The second-order valence-corrected chi connectivity index (χ2v) is 5.64. The summed E-state index contributed by atoms with van der Waals surface area (Å²) >= 11 is 0. The molecule has 3 heteroatoms. The lowest BCUT2D eigenvalue weighted by Crippen LogP contribution is -2.35. The van der Waals surface area contributed by atoms with Crippen molar-refractivity contribution < 1.29 is 4.74 Å². The predicted octanol–water partition coefficient (Wildman–Crippen LogP) is 2.19. The van der Waals surface area contributed by atoms with Crippen LogP contribution < -0.4 is 5.32 Å². The Bertz CT molecular complexity index is 259. The Morgan fingerprint density at radius 3 is 3.06 bits per heavy atom. The SMILES string of the molecule is COCC1=CCN(CCCC2CCCCN2)CC1. The molecule has 1 fully saturated rings. The Morgan fingerprint density at radius 2 is 2.39 bits per heavy atom. The normalized spacial score (nSPS) is 26.1. The largest absolute Gasteiger partial charge is 0.380 e. The van der Waals surface area contributed by atoms with Crippen molar-refractivity contribution >= 4 is 0 Å². The Kier molecular flexibility index (Phi) is 6.18. The Morgan fingerprint density at radius 1 is 1.44 bits per heavy atom. The van der Waals surface area contributed by atoms with Crippen LogP contribution in [0.4, 0.5) is 0 Å². The minimum Gasteiger partial charge on any atom is -0.380 e. The third-order valence-corrected chi connectivity index (χ3v) is 4.16. The molecular formula is C15H28N2O. The van der Waals surface area contributed by atoms with Gasteiger partial charge in [0.15, 0.2) is 0 Å². The highest BCUT2D eigenvalue weighted by molar-refractivity contribution is 5.07. The van der Waals surface area contributed by atoms with Crippen LogP contribution in [-0.4, -0.2) is 50.8 Å². The summed E-state index contributed by atoms with van der Waals surface area (Å²) in [6.45, 7) is 5.65. The first-order chi connectivity index (χ1) is 8.88. The first kappa shape index (κ1) is 14.0. The average molecular weight is 252 g/mol. The van der Waals surface area contributed by atoms with Crippen molar-refractivity contribution in [3.05, 3.63) is 11.6 Å². The summed E-state index contributed by atoms with van der Waals surface area (Å²) in [6, 6.07) is 0.795. The molecular weight excluding hydrogens is 224 g/mol. The molecule has 2 rings (SSSR count). The fraction of sp³-hybridized carbons (Fsp3) is 0.867. The van der Waals surface area contributed by atoms with Crippen LogP contribution in [0.25, 0.3) is 0 Å². The van der Waals surface area contributed by atoms with E-state index in [1.54, 1.807) is 7.11 Å². The zero-order valence-corrected chi connectivity index (χ0v) is 11.8. The molecule has 18 heavy (non-hydrogen) atoms. The third kappa shape index (κ3) is 4.71. The number of piperidine rings is 1. The molecule has 0 aromatic rings. The summed E-state index contributed by atoms with van der Waals surface area (Å²) in [5, 5.41) is 3.63. The van der Waals surface area contributed by atoms with Crippen molar-refractivity contribution in [2.45, 2.75) is 44.6 Å². The smallest absolute Gasteiger partial charge is 0.0673 e. The highest BCUT2D eigenvalue weighted by Crippen LogP contribution is 2.14. The molecule has 104 valence electrons. The van der Waals surface area contributed by atoms with Crippen molar-refractivity contribution in [1.29, 1.82) is 0 Å². The molecule has 0 aliphatic carbocycles. The fourth-order valence-electron chi connectivity index (χ4n) is 3.00. The van der Waals surface area contributed by atoms with Gasteiger partial charge in [-0.3, -0.25) is 4.90 Å². The third-order valence-electron chi connectivity index (χ3n) is 4.16. The van der Waals surface area contributed by atoms with E-state index in [9.17, 15) is 0 Å². The maximum atomic E-state index is 5.18. The number of rotatable bonds is 6. The summed E-state index contributed by atoms with van der Waals surface area (Å²) in [5.74, 6) is 0. The van der Waals surface area contributed by atoms with E-state index in [4.69, 9.17) is 4.74 Å². The standard InChI is InChI=1S/C15H28N2O/c1-18-13-14-7-11-17(12-8-14)10-4-6-15-5-2-3-9-16-15/h7,15-16H,2-6,8-13H2,1H3. The van der Waals surface area contributed by atoms with Crippen molar-refractivity contribution in [3.63, 3.8) is 0 Å². The molecule has 1 N–H and O–H groups in total. The number of nitrogens with zero attached hydrogens (tertiary/aromatic N) is 1. The van der Waals surface area contributed by atoms with Crippen molar-refractivity contribution in [1.82, 2.24) is 10.2 Å². The molecule has 1 saturated heterocycles. The predicted molar refractivity (Wildman–Crippen MR) is 75.9 cm³/mol. The van der Waals surface area contributed by atoms with Crippen LogP contribution in [0.5, 0.6) is 0 Å². The number of nitrogens with one attached hydrogen (secondary N) is 1. The van der Waals surface area contributed by atoms with Crippen LogP contribution in [0.3, 0.4) is 0 Å². The van der Waals surface area contributed by atoms with Crippen LogP contribution in [0.2, 0.25) is 0 Å². The van der Waals surface area contributed by atoms with Gasteiger partial charge in [-0.15, -0.1) is 0 Å². The zero-order chi connectivity index (χ0) is 12.6. The maximum absolute atomic E-state index is 5.18. The number of hydrogen-bond donors (Lipinski definition) is 1. The first-order valence-electron chi connectivity index (χ1n) is 7.51. The van der Waals surface area contributed by atoms with E-state index < -0.39 is 0 Å². The Balaban J connectivity index is 1.57. The van der Waals surface area contributed by atoms with Gasteiger partial charge < -0.3 is 10.1 Å². The zero-order valence-electron chi connectivity index (χ0n) is 11.8. The topological polar surface area (TPSA) is 24.5 Å². The monoisotopic (exact) mass is 252 g/mol.